The van der Waals surface area contributed by atoms with Crippen LogP contribution in [0.2, 0.25) is 0 Å². The third-order valence-electron chi connectivity index (χ3n) is 3.97. The van der Waals surface area contributed by atoms with E-state index in [0.29, 0.717) is 11.6 Å². The fourth-order valence-corrected chi connectivity index (χ4v) is 2.69. The first-order valence-corrected chi connectivity index (χ1v) is 7.02. The summed E-state index contributed by atoms with van der Waals surface area (Å²) in [6.45, 7) is 1.51. The fraction of sp³-hybridized carbons (Fsp3) is 0.429. The van der Waals surface area contributed by atoms with E-state index >= 15 is 0 Å². The van der Waals surface area contributed by atoms with E-state index in [9.17, 15) is 4.79 Å². The van der Waals surface area contributed by atoms with E-state index in [-0.39, 0.29) is 5.91 Å². The average Bonchev–Trinajstić information content (AvgIpc) is 3.09. The minimum absolute atomic E-state index is 0.0480. The van der Waals surface area contributed by atoms with Crippen LogP contribution in [-0.2, 0) is 0 Å². The number of nitrogens with one attached hydrogen (secondary N) is 1. The van der Waals surface area contributed by atoms with Gasteiger partial charge in [0.05, 0.1) is 11.8 Å². The first kappa shape index (κ1) is 13.5. The Morgan fingerprint density at radius 1 is 1.43 bits per heavy atom. The Balaban J connectivity index is 1.59. The smallest absolute Gasteiger partial charge is 0.257 e. The predicted molar refractivity (Wildman–Crippen MR) is 77.9 cm³/mol. The van der Waals surface area contributed by atoms with Gasteiger partial charge < -0.3 is 9.80 Å². The second kappa shape index (κ2) is 5.90. The molecule has 21 heavy (non-hydrogen) atoms. The van der Waals surface area contributed by atoms with Gasteiger partial charge in [-0.2, -0.15) is 5.10 Å². The maximum absolute atomic E-state index is 12.2. The number of carbonyl (C=O) groups is 1. The highest BCUT2D eigenvalue weighted by atomic mass is 16.2. The van der Waals surface area contributed by atoms with Gasteiger partial charge in [-0.1, -0.05) is 0 Å². The van der Waals surface area contributed by atoms with Crippen LogP contribution in [0.1, 0.15) is 23.2 Å². The van der Waals surface area contributed by atoms with Gasteiger partial charge in [-0.25, -0.2) is 9.97 Å². The summed E-state index contributed by atoms with van der Waals surface area (Å²) in [5.41, 5.74) is 0.623. The number of hydrogen-bond acceptors (Lipinski definition) is 5. The van der Waals surface area contributed by atoms with Gasteiger partial charge in [0.25, 0.3) is 5.91 Å². The Hall–Kier alpha value is -2.44. The van der Waals surface area contributed by atoms with E-state index in [1.807, 2.05) is 18.0 Å². The number of rotatable bonds is 3. The van der Waals surface area contributed by atoms with Crippen LogP contribution in [0.4, 0.5) is 5.82 Å². The summed E-state index contributed by atoms with van der Waals surface area (Å²) >= 11 is 0. The molecule has 1 aliphatic heterocycles. The summed E-state index contributed by atoms with van der Waals surface area (Å²) in [7, 11) is 2.04. The molecule has 2 aromatic heterocycles. The van der Waals surface area contributed by atoms with Gasteiger partial charge in [-0.15, -0.1) is 0 Å². The monoisotopic (exact) mass is 286 g/mol. The van der Waals surface area contributed by atoms with Crippen molar-refractivity contribution in [1.82, 2.24) is 25.1 Å². The Bertz CT molecular complexity index is 577. The maximum Gasteiger partial charge on any atom is 0.257 e. The fourth-order valence-electron chi connectivity index (χ4n) is 2.69. The van der Waals surface area contributed by atoms with Crippen molar-refractivity contribution in [2.45, 2.75) is 18.9 Å². The van der Waals surface area contributed by atoms with E-state index in [1.54, 1.807) is 24.9 Å². The van der Waals surface area contributed by atoms with Gasteiger partial charge >= 0.3 is 0 Å². The molecule has 7 nitrogen and oxygen atoms in total. The number of aromatic amines is 1. The molecular formula is C14H18N6O. The number of nitrogens with zero attached hydrogens (tertiary/aromatic N) is 5. The molecule has 0 bridgehead atoms. The van der Waals surface area contributed by atoms with Crippen molar-refractivity contribution in [1.29, 1.82) is 0 Å². The molecule has 3 rings (SSSR count). The van der Waals surface area contributed by atoms with Crippen LogP contribution in [0, 0.1) is 0 Å². The SMILES string of the molecule is CN(c1ccncn1)C1CCN(C(=O)c2cn[nH]c2)CC1. The zero-order valence-corrected chi connectivity index (χ0v) is 11.9. The number of hydrogen-bond donors (Lipinski definition) is 1. The second-order valence-corrected chi connectivity index (χ2v) is 5.19. The highest BCUT2D eigenvalue weighted by molar-refractivity contribution is 5.93. The van der Waals surface area contributed by atoms with Crippen molar-refractivity contribution in [3.05, 3.63) is 36.5 Å². The van der Waals surface area contributed by atoms with Crippen LogP contribution in [-0.4, -0.2) is 57.2 Å². The largest absolute Gasteiger partial charge is 0.356 e. The molecule has 1 saturated heterocycles. The number of amides is 1. The predicted octanol–water partition coefficient (Wildman–Crippen LogP) is 0.941. The average molecular weight is 286 g/mol. The van der Waals surface area contributed by atoms with E-state index in [2.05, 4.69) is 25.1 Å². The third kappa shape index (κ3) is 2.86. The molecule has 1 N–H and O–H groups in total. The molecule has 7 heteroatoms. The molecule has 3 heterocycles. The van der Waals surface area contributed by atoms with Gasteiger partial charge in [0.1, 0.15) is 12.1 Å². The Labute approximate surface area is 123 Å². The summed E-state index contributed by atoms with van der Waals surface area (Å²) in [6.07, 6.45) is 8.39. The molecule has 1 amide bonds. The number of piperidine rings is 1. The molecule has 1 fully saturated rings. The number of carbonyl (C=O) groups excluding carboxylic acids is 1. The van der Waals surface area contributed by atoms with Crippen LogP contribution in [0.15, 0.2) is 31.0 Å². The van der Waals surface area contributed by atoms with Crippen LogP contribution in [0.25, 0.3) is 0 Å². The highest BCUT2D eigenvalue weighted by Gasteiger charge is 2.26. The number of likely N-dealkylation sites (tertiary alicyclic amines) is 1. The van der Waals surface area contributed by atoms with Crippen molar-refractivity contribution < 1.29 is 4.79 Å². The van der Waals surface area contributed by atoms with Crippen molar-refractivity contribution in [3.63, 3.8) is 0 Å². The maximum atomic E-state index is 12.2. The lowest BCUT2D eigenvalue weighted by atomic mass is 10.0. The van der Waals surface area contributed by atoms with E-state index in [1.165, 1.54) is 0 Å². The zero-order valence-electron chi connectivity index (χ0n) is 11.9. The van der Waals surface area contributed by atoms with Crippen LogP contribution in [0.3, 0.4) is 0 Å². The first-order valence-electron chi connectivity index (χ1n) is 7.02. The summed E-state index contributed by atoms with van der Waals surface area (Å²) in [4.78, 5) is 24.5. The summed E-state index contributed by atoms with van der Waals surface area (Å²) in [5, 5.41) is 6.50. The van der Waals surface area contributed by atoms with E-state index in [4.69, 9.17) is 0 Å². The molecule has 0 aliphatic carbocycles. The van der Waals surface area contributed by atoms with Gasteiger partial charge in [-0.05, 0) is 18.9 Å². The molecule has 0 spiro atoms. The highest BCUT2D eigenvalue weighted by Crippen LogP contribution is 2.20. The molecule has 110 valence electrons. The lowest BCUT2D eigenvalue weighted by Crippen LogP contribution is -2.45. The molecule has 0 unspecified atom stereocenters. The van der Waals surface area contributed by atoms with Crippen molar-refractivity contribution in [2.75, 3.05) is 25.0 Å². The van der Waals surface area contributed by atoms with Crippen molar-refractivity contribution in [3.8, 4) is 0 Å². The molecule has 1 aliphatic rings. The minimum Gasteiger partial charge on any atom is -0.356 e. The van der Waals surface area contributed by atoms with E-state index < -0.39 is 0 Å². The molecule has 0 radical (unpaired) electrons. The van der Waals surface area contributed by atoms with Crippen LogP contribution >= 0.6 is 0 Å². The lowest BCUT2D eigenvalue weighted by molar-refractivity contribution is 0.0713. The van der Waals surface area contributed by atoms with Crippen LogP contribution < -0.4 is 4.90 Å². The third-order valence-corrected chi connectivity index (χ3v) is 3.97. The minimum atomic E-state index is 0.0480. The van der Waals surface area contributed by atoms with Crippen molar-refractivity contribution >= 4 is 11.7 Å². The molecule has 0 atom stereocenters. The summed E-state index contributed by atoms with van der Waals surface area (Å²) in [6, 6.07) is 2.30. The molecule has 2 aromatic rings. The number of H-pyrrole nitrogens is 1. The first-order chi connectivity index (χ1) is 10.3. The van der Waals surface area contributed by atoms with Gasteiger partial charge in [0, 0.05) is 38.6 Å². The quantitative estimate of drug-likeness (QED) is 0.908. The molecular weight excluding hydrogens is 268 g/mol. The molecule has 0 aromatic carbocycles. The summed E-state index contributed by atoms with van der Waals surface area (Å²) < 4.78 is 0. The van der Waals surface area contributed by atoms with Gasteiger partial charge in [-0.3, -0.25) is 9.89 Å². The van der Waals surface area contributed by atoms with E-state index in [0.717, 1.165) is 31.7 Å². The Kier molecular flexibility index (Phi) is 3.81. The van der Waals surface area contributed by atoms with Gasteiger partial charge in [0.2, 0.25) is 0 Å². The zero-order chi connectivity index (χ0) is 14.7. The summed E-state index contributed by atoms with van der Waals surface area (Å²) in [5.74, 6) is 0.969. The standard InChI is InChI=1S/C14H18N6O/c1-19(13-2-5-15-10-16-13)12-3-6-20(7-4-12)14(21)11-8-17-18-9-11/h2,5,8-10,12H,3-4,6-7H2,1H3,(H,17,18). The number of aromatic nitrogens is 4. The van der Waals surface area contributed by atoms with Crippen LogP contribution in [0.5, 0.6) is 0 Å². The lowest BCUT2D eigenvalue weighted by Gasteiger charge is -2.37. The topological polar surface area (TPSA) is 78.0 Å². The van der Waals surface area contributed by atoms with Gasteiger partial charge in [0.15, 0.2) is 0 Å². The normalized spacial score (nSPS) is 16.0. The Morgan fingerprint density at radius 2 is 2.24 bits per heavy atom. The Morgan fingerprint density at radius 3 is 2.86 bits per heavy atom. The number of anilines is 1. The second-order valence-electron chi connectivity index (χ2n) is 5.19. The van der Waals surface area contributed by atoms with Crippen molar-refractivity contribution in [2.24, 2.45) is 0 Å². The molecule has 0 saturated carbocycles.